The molecule has 108 valence electrons. The molecule has 3 rings (SSSR count). The minimum atomic E-state index is 0.511. The lowest BCUT2D eigenvalue weighted by Gasteiger charge is -2.07. The third-order valence-corrected chi connectivity index (χ3v) is 3.41. The van der Waals surface area contributed by atoms with Crippen LogP contribution in [0.5, 0.6) is 11.5 Å². The van der Waals surface area contributed by atoms with Gasteiger partial charge in [-0.3, -0.25) is 0 Å². The number of hydrogen-bond donors (Lipinski definition) is 1. The van der Waals surface area contributed by atoms with Gasteiger partial charge >= 0.3 is 0 Å². The lowest BCUT2D eigenvalue weighted by Crippen LogP contribution is -1.96. The van der Waals surface area contributed by atoms with Crippen molar-refractivity contribution < 1.29 is 9.47 Å². The number of imidazole rings is 1. The molecule has 0 aliphatic heterocycles. The van der Waals surface area contributed by atoms with Crippen LogP contribution in [0.15, 0.2) is 42.5 Å². The molecular formula is C17H18N2O2. The summed E-state index contributed by atoms with van der Waals surface area (Å²) in [6.07, 6.45) is 0.882. The number of benzene rings is 2. The zero-order valence-electron chi connectivity index (χ0n) is 12.2. The molecule has 4 nitrogen and oxygen atoms in total. The largest absolute Gasteiger partial charge is 0.497 e. The number of nitrogens with one attached hydrogen (secondary N) is 1. The van der Waals surface area contributed by atoms with E-state index in [-0.39, 0.29) is 0 Å². The predicted octanol–water partition coefficient (Wildman–Crippen LogP) is 3.71. The van der Waals surface area contributed by atoms with Gasteiger partial charge in [-0.15, -0.1) is 0 Å². The number of fused-ring (bicyclic) bond motifs is 1. The fraction of sp³-hybridized carbons (Fsp3) is 0.235. The van der Waals surface area contributed by atoms with Crippen molar-refractivity contribution in [3.05, 3.63) is 53.9 Å². The molecule has 0 unspecified atom stereocenters. The summed E-state index contributed by atoms with van der Waals surface area (Å²) < 4.78 is 11.1. The van der Waals surface area contributed by atoms with Gasteiger partial charge in [-0.25, -0.2) is 4.98 Å². The summed E-state index contributed by atoms with van der Waals surface area (Å²) in [4.78, 5) is 7.86. The van der Waals surface area contributed by atoms with Crippen LogP contribution in [0.25, 0.3) is 11.0 Å². The Morgan fingerprint density at radius 1 is 1.10 bits per heavy atom. The van der Waals surface area contributed by atoms with Gasteiger partial charge in [0.1, 0.15) is 29.4 Å². The quantitative estimate of drug-likeness (QED) is 0.776. The standard InChI is InChI=1S/C17H18N2O2/c1-3-16-18-14-5-4-6-15(17(14)19-16)21-11-12-7-9-13(20-2)10-8-12/h4-10H,3,11H2,1-2H3,(H,18,19). The Kier molecular flexibility index (Phi) is 3.77. The smallest absolute Gasteiger partial charge is 0.147 e. The number of nitrogens with zero attached hydrogens (tertiary/aromatic N) is 1. The van der Waals surface area contributed by atoms with Crippen LogP contribution in [0, 0.1) is 0 Å². The molecule has 21 heavy (non-hydrogen) atoms. The van der Waals surface area contributed by atoms with E-state index in [1.165, 1.54) is 0 Å². The average molecular weight is 282 g/mol. The summed E-state index contributed by atoms with van der Waals surface area (Å²) in [5.41, 5.74) is 3.00. The fourth-order valence-electron chi connectivity index (χ4n) is 2.22. The molecular weight excluding hydrogens is 264 g/mol. The van der Waals surface area contributed by atoms with Crippen LogP contribution in [0.4, 0.5) is 0 Å². The van der Waals surface area contributed by atoms with Crippen LogP contribution in [-0.2, 0) is 13.0 Å². The van der Waals surface area contributed by atoms with Gasteiger partial charge in [-0.05, 0) is 29.8 Å². The maximum Gasteiger partial charge on any atom is 0.147 e. The van der Waals surface area contributed by atoms with E-state index in [1.54, 1.807) is 7.11 Å². The van der Waals surface area contributed by atoms with Crippen LogP contribution in [0.1, 0.15) is 18.3 Å². The first kappa shape index (κ1) is 13.5. The first-order chi connectivity index (χ1) is 10.3. The van der Waals surface area contributed by atoms with Crippen molar-refractivity contribution in [2.24, 2.45) is 0 Å². The highest BCUT2D eigenvalue weighted by atomic mass is 16.5. The van der Waals surface area contributed by atoms with Crippen molar-refractivity contribution in [3.63, 3.8) is 0 Å². The van der Waals surface area contributed by atoms with Crippen LogP contribution in [0.3, 0.4) is 0 Å². The van der Waals surface area contributed by atoms with Crippen molar-refractivity contribution in [2.45, 2.75) is 20.0 Å². The second kappa shape index (κ2) is 5.87. The summed E-state index contributed by atoms with van der Waals surface area (Å²) in [5.74, 6) is 2.63. The molecule has 3 aromatic rings. The molecule has 1 N–H and O–H groups in total. The van der Waals surface area contributed by atoms with Gasteiger partial charge < -0.3 is 14.5 Å². The van der Waals surface area contributed by atoms with Crippen molar-refractivity contribution in [1.29, 1.82) is 0 Å². The third kappa shape index (κ3) is 2.84. The van der Waals surface area contributed by atoms with Gasteiger partial charge in [0, 0.05) is 6.42 Å². The van der Waals surface area contributed by atoms with E-state index in [0.717, 1.165) is 40.3 Å². The molecule has 0 atom stereocenters. The van der Waals surface area contributed by atoms with E-state index in [2.05, 4.69) is 16.9 Å². The molecule has 1 aromatic heterocycles. The Morgan fingerprint density at radius 3 is 2.62 bits per heavy atom. The highest BCUT2D eigenvalue weighted by molar-refractivity contribution is 5.81. The second-order valence-electron chi connectivity index (χ2n) is 4.83. The minimum absolute atomic E-state index is 0.511. The molecule has 0 spiro atoms. The van der Waals surface area contributed by atoms with Crippen molar-refractivity contribution in [2.75, 3.05) is 7.11 Å². The minimum Gasteiger partial charge on any atom is -0.497 e. The first-order valence-electron chi connectivity index (χ1n) is 7.03. The predicted molar refractivity (Wildman–Crippen MR) is 82.8 cm³/mol. The van der Waals surface area contributed by atoms with Gasteiger partial charge in [0.25, 0.3) is 0 Å². The summed E-state index contributed by atoms with van der Waals surface area (Å²) in [7, 11) is 1.66. The number of aromatic nitrogens is 2. The summed E-state index contributed by atoms with van der Waals surface area (Å²) in [6, 6.07) is 13.8. The van der Waals surface area contributed by atoms with Crippen molar-refractivity contribution in [3.8, 4) is 11.5 Å². The molecule has 0 amide bonds. The molecule has 0 aliphatic carbocycles. The number of methoxy groups -OCH3 is 1. The molecule has 1 heterocycles. The van der Waals surface area contributed by atoms with E-state index >= 15 is 0 Å². The van der Waals surface area contributed by atoms with Gasteiger partial charge in [-0.2, -0.15) is 0 Å². The monoisotopic (exact) mass is 282 g/mol. The highest BCUT2D eigenvalue weighted by Crippen LogP contribution is 2.24. The lowest BCUT2D eigenvalue weighted by atomic mass is 10.2. The Morgan fingerprint density at radius 2 is 1.90 bits per heavy atom. The maximum absolute atomic E-state index is 5.91. The number of para-hydroxylation sites is 1. The summed E-state index contributed by atoms with van der Waals surface area (Å²) in [6.45, 7) is 2.59. The third-order valence-electron chi connectivity index (χ3n) is 3.41. The number of aromatic amines is 1. The fourth-order valence-corrected chi connectivity index (χ4v) is 2.22. The first-order valence-corrected chi connectivity index (χ1v) is 7.03. The normalized spacial score (nSPS) is 10.8. The number of aryl methyl sites for hydroxylation is 1. The van der Waals surface area contributed by atoms with Crippen LogP contribution < -0.4 is 9.47 Å². The Hall–Kier alpha value is -2.49. The van der Waals surface area contributed by atoms with Gasteiger partial charge in [0.15, 0.2) is 0 Å². The number of ether oxygens (including phenoxy) is 2. The van der Waals surface area contributed by atoms with E-state index in [1.807, 2.05) is 42.5 Å². The van der Waals surface area contributed by atoms with Gasteiger partial charge in [-0.1, -0.05) is 25.1 Å². The van der Waals surface area contributed by atoms with E-state index in [0.29, 0.717) is 6.61 Å². The van der Waals surface area contributed by atoms with Gasteiger partial charge in [0.05, 0.1) is 12.6 Å². The highest BCUT2D eigenvalue weighted by Gasteiger charge is 2.07. The number of rotatable bonds is 5. The SMILES string of the molecule is CCc1nc2c(OCc3ccc(OC)cc3)cccc2[nH]1. The topological polar surface area (TPSA) is 47.1 Å². The maximum atomic E-state index is 5.91. The zero-order valence-corrected chi connectivity index (χ0v) is 12.2. The molecule has 0 saturated heterocycles. The van der Waals surface area contributed by atoms with Gasteiger partial charge in [0.2, 0.25) is 0 Å². The molecule has 0 saturated carbocycles. The molecule has 0 bridgehead atoms. The Balaban J connectivity index is 1.79. The van der Waals surface area contributed by atoms with Crippen LogP contribution >= 0.6 is 0 Å². The lowest BCUT2D eigenvalue weighted by molar-refractivity contribution is 0.309. The molecule has 2 aromatic carbocycles. The summed E-state index contributed by atoms with van der Waals surface area (Å²) >= 11 is 0. The molecule has 4 heteroatoms. The molecule has 0 radical (unpaired) electrons. The zero-order chi connectivity index (χ0) is 14.7. The Labute approximate surface area is 123 Å². The second-order valence-corrected chi connectivity index (χ2v) is 4.83. The van der Waals surface area contributed by atoms with Crippen LogP contribution in [-0.4, -0.2) is 17.1 Å². The van der Waals surface area contributed by atoms with E-state index in [4.69, 9.17) is 9.47 Å². The average Bonchev–Trinajstić information content (AvgIpc) is 2.97. The van der Waals surface area contributed by atoms with Crippen molar-refractivity contribution in [1.82, 2.24) is 9.97 Å². The van der Waals surface area contributed by atoms with Crippen molar-refractivity contribution >= 4 is 11.0 Å². The summed E-state index contributed by atoms with van der Waals surface area (Å²) in [5, 5.41) is 0. The van der Waals surface area contributed by atoms with E-state index < -0.39 is 0 Å². The van der Waals surface area contributed by atoms with Crippen LogP contribution in [0.2, 0.25) is 0 Å². The molecule has 0 fully saturated rings. The molecule has 0 aliphatic rings. The number of H-pyrrole nitrogens is 1. The van der Waals surface area contributed by atoms with E-state index in [9.17, 15) is 0 Å². The number of hydrogen-bond acceptors (Lipinski definition) is 3. The Bertz CT molecular complexity index is 732.